The van der Waals surface area contributed by atoms with Crippen LogP contribution in [0.5, 0.6) is 0 Å². The zero-order valence-corrected chi connectivity index (χ0v) is 9.15. The number of aromatic nitrogens is 1. The maximum absolute atomic E-state index is 11.3. The SMILES string of the molecule is CC(=O)N(C(C)=O)c1cc2ccccc2[nH]1. The standard InChI is InChI=1S/C12H12N2O2/c1-8(15)14(9(2)16)12-7-10-5-3-4-6-11(10)13-12/h3-7,13H,1-2H3. The number of rotatable bonds is 1. The predicted molar refractivity (Wildman–Crippen MR) is 62.1 cm³/mol. The number of nitrogens with zero attached hydrogens (tertiary/aromatic N) is 1. The lowest BCUT2D eigenvalue weighted by atomic mass is 10.2. The largest absolute Gasteiger partial charge is 0.341 e. The van der Waals surface area contributed by atoms with Gasteiger partial charge in [-0.3, -0.25) is 9.59 Å². The summed E-state index contributed by atoms with van der Waals surface area (Å²) in [5.74, 6) is -0.0701. The van der Waals surface area contributed by atoms with Crippen molar-refractivity contribution in [1.29, 1.82) is 0 Å². The van der Waals surface area contributed by atoms with Gasteiger partial charge >= 0.3 is 0 Å². The van der Waals surface area contributed by atoms with Crippen molar-refractivity contribution in [2.24, 2.45) is 0 Å². The van der Waals surface area contributed by atoms with E-state index in [1.165, 1.54) is 13.8 Å². The molecule has 0 aliphatic rings. The van der Waals surface area contributed by atoms with Gasteiger partial charge in [0.25, 0.3) is 0 Å². The molecular formula is C12H12N2O2. The minimum atomic E-state index is -0.293. The van der Waals surface area contributed by atoms with Crippen LogP contribution in [0.2, 0.25) is 0 Å². The Morgan fingerprint density at radius 3 is 2.31 bits per heavy atom. The van der Waals surface area contributed by atoms with Crippen molar-refractivity contribution in [1.82, 2.24) is 4.98 Å². The summed E-state index contributed by atoms with van der Waals surface area (Å²) < 4.78 is 0. The Morgan fingerprint density at radius 2 is 1.75 bits per heavy atom. The Labute approximate surface area is 92.9 Å². The second kappa shape index (κ2) is 3.81. The Balaban J connectivity index is 2.53. The van der Waals surface area contributed by atoms with Gasteiger partial charge in [0.05, 0.1) is 0 Å². The second-order valence-electron chi connectivity index (χ2n) is 3.62. The fourth-order valence-electron chi connectivity index (χ4n) is 1.74. The topological polar surface area (TPSA) is 53.2 Å². The minimum absolute atomic E-state index is 0.293. The molecule has 2 amide bonds. The molecule has 0 atom stereocenters. The Hall–Kier alpha value is -2.10. The Kier molecular flexibility index (Phi) is 2.48. The molecule has 2 aromatic rings. The highest BCUT2D eigenvalue weighted by molar-refractivity contribution is 6.13. The van der Waals surface area contributed by atoms with E-state index in [9.17, 15) is 9.59 Å². The van der Waals surface area contributed by atoms with E-state index in [1.54, 1.807) is 6.07 Å². The molecule has 1 aromatic heterocycles. The number of H-pyrrole nitrogens is 1. The zero-order chi connectivity index (χ0) is 11.7. The molecule has 16 heavy (non-hydrogen) atoms. The number of carbonyl (C=O) groups is 2. The van der Waals surface area contributed by atoms with E-state index in [2.05, 4.69) is 4.98 Å². The summed E-state index contributed by atoms with van der Waals surface area (Å²) in [6.45, 7) is 2.74. The molecule has 0 saturated heterocycles. The van der Waals surface area contributed by atoms with Crippen LogP contribution in [0.4, 0.5) is 5.82 Å². The van der Waals surface area contributed by atoms with Gasteiger partial charge in [0, 0.05) is 24.8 Å². The van der Waals surface area contributed by atoms with Gasteiger partial charge < -0.3 is 4.98 Å². The van der Waals surface area contributed by atoms with Gasteiger partial charge in [-0.15, -0.1) is 0 Å². The van der Waals surface area contributed by atoms with E-state index in [-0.39, 0.29) is 11.8 Å². The number of amides is 2. The molecule has 0 unspecified atom stereocenters. The summed E-state index contributed by atoms with van der Waals surface area (Å²) in [5, 5.41) is 0.977. The monoisotopic (exact) mass is 216 g/mol. The van der Waals surface area contributed by atoms with Crippen LogP contribution in [0.3, 0.4) is 0 Å². The van der Waals surface area contributed by atoms with Crippen molar-refractivity contribution in [3.8, 4) is 0 Å². The predicted octanol–water partition coefficient (Wildman–Crippen LogP) is 2.07. The number of para-hydroxylation sites is 1. The van der Waals surface area contributed by atoms with Gasteiger partial charge in [-0.25, -0.2) is 4.90 Å². The van der Waals surface area contributed by atoms with Crippen molar-refractivity contribution in [2.75, 3.05) is 4.90 Å². The lowest BCUT2D eigenvalue weighted by molar-refractivity contribution is -0.124. The molecule has 0 aliphatic carbocycles. The van der Waals surface area contributed by atoms with Gasteiger partial charge in [0.15, 0.2) is 0 Å². The van der Waals surface area contributed by atoms with Gasteiger partial charge in [0.2, 0.25) is 11.8 Å². The van der Waals surface area contributed by atoms with E-state index in [0.29, 0.717) is 5.82 Å². The van der Waals surface area contributed by atoms with Crippen LogP contribution in [0.25, 0.3) is 10.9 Å². The maximum atomic E-state index is 11.3. The summed E-state index contributed by atoms with van der Waals surface area (Å²) in [6, 6.07) is 9.42. The Morgan fingerprint density at radius 1 is 1.12 bits per heavy atom. The zero-order valence-electron chi connectivity index (χ0n) is 9.15. The van der Waals surface area contributed by atoms with Gasteiger partial charge in [-0.05, 0) is 12.1 Å². The minimum Gasteiger partial charge on any atom is -0.341 e. The highest BCUT2D eigenvalue weighted by atomic mass is 16.2. The number of fused-ring (bicyclic) bond motifs is 1. The van der Waals surface area contributed by atoms with Gasteiger partial charge in [0.1, 0.15) is 5.82 Å². The van der Waals surface area contributed by atoms with Gasteiger partial charge in [-0.2, -0.15) is 0 Å². The highest BCUT2D eigenvalue weighted by Gasteiger charge is 2.17. The molecule has 0 fully saturated rings. The van der Waals surface area contributed by atoms with Crippen molar-refractivity contribution < 1.29 is 9.59 Å². The van der Waals surface area contributed by atoms with E-state index in [1.807, 2.05) is 24.3 Å². The molecule has 0 spiro atoms. The first-order chi connectivity index (χ1) is 7.59. The quantitative estimate of drug-likeness (QED) is 0.793. The van der Waals surface area contributed by atoms with Crippen LogP contribution in [-0.4, -0.2) is 16.8 Å². The van der Waals surface area contributed by atoms with E-state index in [0.717, 1.165) is 15.8 Å². The van der Waals surface area contributed by atoms with Crippen LogP contribution in [0, 0.1) is 0 Å². The number of nitrogens with one attached hydrogen (secondary N) is 1. The van der Waals surface area contributed by atoms with Crippen molar-refractivity contribution in [2.45, 2.75) is 13.8 Å². The van der Waals surface area contributed by atoms with Crippen LogP contribution in [0.15, 0.2) is 30.3 Å². The molecule has 0 radical (unpaired) electrons. The second-order valence-corrected chi connectivity index (χ2v) is 3.62. The average molecular weight is 216 g/mol. The summed E-state index contributed by atoms with van der Waals surface area (Å²) in [5.41, 5.74) is 0.907. The number of anilines is 1. The van der Waals surface area contributed by atoms with Gasteiger partial charge in [-0.1, -0.05) is 18.2 Å². The number of hydrogen-bond donors (Lipinski definition) is 1. The Bertz CT molecular complexity index is 510. The smallest absolute Gasteiger partial charge is 0.231 e. The maximum Gasteiger partial charge on any atom is 0.231 e. The van der Waals surface area contributed by atoms with Crippen molar-refractivity contribution >= 4 is 28.5 Å². The molecule has 0 bridgehead atoms. The molecule has 2 rings (SSSR count). The first-order valence-corrected chi connectivity index (χ1v) is 4.98. The summed E-state index contributed by atoms with van der Waals surface area (Å²) in [7, 11) is 0. The molecular weight excluding hydrogens is 204 g/mol. The third-order valence-electron chi connectivity index (χ3n) is 2.39. The number of hydrogen-bond acceptors (Lipinski definition) is 2. The van der Waals surface area contributed by atoms with E-state index < -0.39 is 0 Å². The molecule has 82 valence electrons. The fourth-order valence-corrected chi connectivity index (χ4v) is 1.74. The van der Waals surface area contributed by atoms with E-state index >= 15 is 0 Å². The normalized spacial score (nSPS) is 10.4. The molecule has 1 N–H and O–H groups in total. The van der Waals surface area contributed by atoms with Crippen molar-refractivity contribution in [3.05, 3.63) is 30.3 Å². The molecule has 0 aliphatic heterocycles. The third kappa shape index (κ3) is 1.69. The number of benzene rings is 1. The van der Waals surface area contributed by atoms with Crippen LogP contribution >= 0.6 is 0 Å². The lowest BCUT2D eigenvalue weighted by Gasteiger charge is -2.14. The highest BCUT2D eigenvalue weighted by Crippen LogP contribution is 2.21. The number of carbonyl (C=O) groups excluding carboxylic acids is 2. The molecule has 4 nitrogen and oxygen atoms in total. The van der Waals surface area contributed by atoms with Crippen LogP contribution in [-0.2, 0) is 9.59 Å². The lowest BCUT2D eigenvalue weighted by Crippen LogP contribution is -2.33. The average Bonchev–Trinajstić information content (AvgIpc) is 2.58. The van der Waals surface area contributed by atoms with E-state index in [4.69, 9.17) is 0 Å². The fraction of sp³-hybridized carbons (Fsp3) is 0.167. The third-order valence-corrected chi connectivity index (χ3v) is 2.39. The molecule has 1 heterocycles. The first-order valence-electron chi connectivity index (χ1n) is 4.98. The summed E-state index contributed by atoms with van der Waals surface area (Å²) in [4.78, 5) is 26.9. The van der Waals surface area contributed by atoms with Crippen molar-refractivity contribution in [3.63, 3.8) is 0 Å². The summed E-state index contributed by atoms with van der Waals surface area (Å²) >= 11 is 0. The molecule has 1 aromatic carbocycles. The first kappa shape index (κ1) is 10.4. The molecule has 0 saturated carbocycles. The number of imide groups is 1. The summed E-state index contributed by atoms with van der Waals surface area (Å²) in [6.07, 6.45) is 0. The van der Waals surface area contributed by atoms with Crippen LogP contribution < -0.4 is 4.90 Å². The number of aromatic amines is 1. The molecule has 4 heteroatoms. The van der Waals surface area contributed by atoms with Crippen LogP contribution in [0.1, 0.15) is 13.8 Å².